The molecule has 8 heteroatoms. The monoisotopic (exact) mass is 272 g/mol. The van der Waals surface area contributed by atoms with Crippen molar-refractivity contribution in [3.63, 3.8) is 0 Å². The molecule has 0 radical (unpaired) electrons. The maximum Gasteiger partial charge on any atom is 0.328 e. The lowest BCUT2D eigenvalue weighted by Gasteiger charge is -2.06. The van der Waals surface area contributed by atoms with Gasteiger partial charge in [0.05, 0.1) is 0 Å². The van der Waals surface area contributed by atoms with Gasteiger partial charge >= 0.3 is 6.01 Å². The Labute approximate surface area is 112 Å². The van der Waals surface area contributed by atoms with E-state index in [2.05, 4.69) is 20.1 Å². The SMILES string of the molecule is Nc1nc(Oc2ccccc2F)nc(-n2cccn2)n1. The largest absolute Gasteiger partial charge is 0.421 e. The van der Waals surface area contributed by atoms with Crippen LogP contribution in [-0.4, -0.2) is 24.7 Å². The van der Waals surface area contributed by atoms with Crippen LogP contribution in [0.3, 0.4) is 0 Å². The average Bonchev–Trinajstić information content (AvgIpc) is 2.95. The first-order valence-corrected chi connectivity index (χ1v) is 5.66. The quantitative estimate of drug-likeness (QED) is 0.778. The van der Waals surface area contributed by atoms with Gasteiger partial charge in [-0.1, -0.05) is 12.1 Å². The van der Waals surface area contributed by atoms with Crippen molar-refractivity contribution in [2.75, 3.05) is 5.73 Å². The third-order valence-corrected chi connectivity index (χ3v) is 2.37. The molecule has 0 saturated carbocycles. The lowest BCUT2D eigenvalue weighted by atomic mass is 10.3. The molecular formula is C12H9FN6O. The van der Waals surface area contributed by atoms with Gasteiger partial charge in [-0.05, 0) is 18.2 Å². The van der Waals surface area contributed by atoms with Gasteiger partial charge in [0.15, 0.2) is 11.6 Å². The van der Waals surface area contributed by atoms with E-state index in [0.717, 1.165) is 0 Å². The lowest BCUT2D eigenvalue weighted by molar-refractivity contribution is 0.409. The maximum atomic E-state index is 13.5. The number of halogens is 1. The number of anilines is 1. The van der Waals surface area contributed by atoms with Gasteiger partial charge < -0.3 is 10.5 Å². The smallest absolute Gasteiger partial charge is 0.328 e. The first-order valence-electron chi connectivity index (χ1n) is 5.66. The Hall–Kier alpha value is -3.03. The molecule has 0 amide bonds. The van der Waals surface area contributed by atoms with E-state index in [0.29, 0.717) is 0 Å². The summed E-state index contributed by atoms with van der Waals surface area (Å²) in [4.78, 5) is 11.8. The molecule has 100 valence electrons. The van der Waals surface area contributed by atoms with Crippen LogP contribution in [0.2, 0.25) is 0 Å². The van der Waals surface area contributed by atoms with Crippen LogP contribution in [0.25, 0.3) is 5.95 Å². The zero-order chi connectivity index (χ0) is 13.9. The van der Waals surface area contributed by atoms with Crippen LogP contribution >= 0.6 is 0 Å². The summed E-state index contributed by atoms with van der Waals surface area (Å²) in [7, 11) is 0. The van der Waals surface area contributed by atoms with E-state index in [4.69, 9.17) is 10.5 Å². The van der Waals surface area contributed by atoms with Crippen LogP contribution in [0.5, 0.6) is 11.8 Å². The minimum Gasteiger partial charge on any atom is -0.421 e. The summed E-state index contributed by atoms with van der Waals surface area (Å²) in [5.41, 5.74) is 5.58. The number of ether oxygens (including phenoxy) is 1. The Bertz CT molecular complexity index is 731. The number of nitrogens with zero attached hydrogens (tertiary/aromatic N) is 5. The minimum atomic E-state index is -0.521. The summed E-state index contributed by atoms with van der Waals surface area (Å²) in [6.45, 7) is 0. The highest BCUT2D eigenvalue weighted by Gasteiger charge is 2.10. The third kappa shape index (κ3) is 2.39. The van der Waals surface area contributed by atoms with Crippen molar-refractivity contribution in [1.82, 2.24) is 24.7 Å². The molecule has 2 aromatic heterocycles. The normalized spacial score (nSPS) is 10.4. The molecule has 2 N–H and O–H groups in total. The molecule has 3 aromatic rings. The van der Waals surface area contributed by atoms with Gasteiger partial charge in [-0.2, -0.15) is 20.1 Å². The summed E-state index contributed by atoms with van der Waals surface area (Å²) in [6.07, 6.45) is 3.21. The number of benzene rings is 1. The van der Waals surface area contributed by atoms with Crippen molar-refractivity contribution in [2.24, 2.45) is 0 Å². The van der Waals surface area contributed by atoms with E-state index in [1.54, 1.807) is 30.6 Å². The van der Waals surface area contributed by atoms with Crippen molar-refractivity contribution in [1.29, 1.82) is 0 Å². The second-order valence-corrected chi connectivity index (χ2v) is 3.76. The lowest BCUT2D eigenvalue weighted by Crippen LogP contribution is -2.08. The number of aromatic nitrogens is 5. The van der Waals surface area contributed by atoms with Crippen molar-refractivity contribution < 1.29 is 9.13 Å². The van der Waals surface area contributed by atoms with Gasteiger partial charge in [-0.25, -0.2) is 9.07 Å². The predicted octanol–water partition coefficient (Wildman–Crippen LogP) is 1.57. The maximum absolute atomic E-state index is 13.5. The highest BCUT2D eigenvalue weighted by molar-refractivity contribution is 5.30. The molecule has 2 heterocycles. The first kappa shape index (κ1) is 12.0. The Kier molecular flexibility index (Phi) is 2.96. The van der Waals surface area contributed by atoms with Crippen molar-refractivity contribution in [2.45, 2.75) is 0 Å². The van der Waals surface area contributed by atoms with E-state index in [1.807, 2.05) is 0 Å². The summed E-state index contributed by atoms with van der Waals surface area (Å²) >= 11 is 0. The molecule has 0 atom stereocenters. The second-order valence-electron chi connectivity index (χ2n) is 3.76. The molecule has 0 aliphatic carbocycles. The molecule has 0 spiro atoms. The topological polar surface area (TPSA) is 91.7 Å². The van der Waals surface area contributed by atoms with Crippen LogP contribution in [0.4, 0.5) is 10.3 Å². The first-order chi connectivity index (χ1) is 9.72. The molecule has 0 fully saturated rings. The van der Waals surface area contributed by atoms with Crippen LogP contribution in [0.15, 0.2) is 42.7 Å². The van der Waals surface area contributed by atoms with Gasteiger partial charge in [0.1, 0.15) is 0 Å². The second kappa shape index (κ2) is 4.92. The van der Waals surface area contributed by atoms with Gasteiger partial charge in [0.25, 0.3) is 5.95 Å². The Morgan fingerprint density at radius 3 is 2.70 bits per heavy atom. The van der Waals surface area contributed by atoms with Gasteiger partial charge in [0.2, 0.25) is 5.95 Å². The molecule has 0 aliphatic heterocycles. The zero-order valence-electron chi connectivity index (χ0n) is 10.1. The molecule has 0 saturated heterocycles. The number of nitrogen functional groups attached to an aromatic ring is 1. The summed E-state index contributed by atoms with van der Waals surface area (Å²) in [6, 6.07) is 7.53. The van der Waals surface area contributed by atoms with Crippen molar-refractivity contribution >= 4 is 5.95 Å². The number of rotatable bonds is 3. The molecule has 0 aliphatic rings. The summed E-state index contributed by atoms with van der Waals surface area (Å²) in [5, 5.41) is 3.97. The van der Waals surface area contributed by atoms with E-state index in [1.165, 1.54) is 16.8 Å². The fourth-order valence-corrected chi connectivity index (χ4v) is 1.52. The van der Waals surface area contributed by atoms with Gasteiger partial charge in [-0.15, -0.1) is 0 Å². The average molecular weight is 272 g/mol. The molecule has 7 nitrogen and oxygen atoms in total. The highest BCUT2D eigenvalue weighted by Crippen LogP contribution is 2.21. The molecule has 3 rings (SSSR count). The van der Waals surface area contributed by atoms with Crippen LogP contribution in [0.1, 0.15) is 0 Å². The summed E-state index contributed by atoms with van der Waals surface area (Å²) in [5.74, 6) is -0.373. The molecule has 0 bridgehead atoms. The number of hydrogen-bond acceptors (Lipinski definition) is 6. The zero-order valence-corrected chi connectivity index (χ0v) is 10.1. The van der Waals surface area contributed by atoms with Crippen LogP contribution < -0.4 is 10.5 Å². The van der Waals surface area contributed by atoms with E-state index in [-0.39, 0.29) is 23.7 Å². The molecule has 1 aromatic carbocycles. The standard InChI is InChI=1S/C12H9FN6O/c13-8-4-1-2-5-9(8)20-12-17-10(14)16-11(18-12)19-7-3-6-15-19/h1-7H,(H2,14,16,17,18). The Morgan fingerprint density at radius 2 is 1.95 bits per heavy atom. The number of para-hydroxylation sites is 1. The Morgan fingerprint density at radius 1 is 1.10 bits per heavy atom. The number of hydrogen-bond donors (Lipinski definition) is 1. The van der Waals surface area contributed by atoms with Crippen LogP contribution in [-0.2, 0) is 0 Å². The fraction of sp³-hybridized carbons (Fsp3) is 0. The van der Waals surface area contributed by atoms with Gasteiger partial charge in [-0.3, -0.25) is 0 Å². The van der Waals surface area contributed by atoms with Gasteiger partial charge in [0, 0.05) is 12.4 Å². The third-order valence-electron chi connectivity index (χ3n) is 2.37. The number of nitrogens with two attached hydrogens (primary N) is 1. The summed E-state index contributed by atoms with van der Waals surface area (Å²) < 4.78 is 20.2. The predicted molar refractivity (Wildman–Crippen MR) is 67.8 cm³/mol. The Balaban J connectivity index is 1.97. The molecule has 20 heavy (non-hydrogen) atoms. The minimum absolute atomic E-state index is 0.00418. The van der Waals surface area contributed by atoms with E-state index >= 15 is 0 Å². The van der Waals surface area contributed by atoms with E-state index < -0.39 is 5.82 Å². The highest BCUT2D eigenvalue weighted by atomic mass is 19.1. The molecule has 0 unspecified atom stereocenters. The van der Waals surface area contributed by atoms with E-state index in [9.17, 15) is 4.39 Å². The van der Waals surface area contributed by atoms with Crippen LogP contribution in [0, 0.1) is 5.82 Å². The molecular weight excluding hydrogens is 263 g/mol. The van der Waals surface area contributed by atoms with Crippen molar-refractivity contribution in [3.05, 3.63) is 48.5 Å². The van der Waals surface area contributed by atoms with Crippen molar-refractivity contribution in [3.8, 4) is 17.7 Å². The fourth-order valence-electron chi connectivity index (χ4n) is 1.52.